The summed E-state index contributed by atoms with van der Waals surface area (Å²) >= 11 is 0. The number of furan rings is 1. The Morgan fingerprint density at radius 2 is 2.07 bits per heavy atom. The maximum atomic E-state index is 9.71. The van der Waals surface area contributed by atoms with Gasteiger partial charge in [0.15, 0.2) is 0 Å². The van der Waals surface area contributed by atoms with Gasteiger partial charge in [0.2, 0.25) is 0 Å². The van der Waals surface area contributed by atoms with Crippen LogP contribution in [0.3, 0.4) is 0 Å². The van der Waals surface area contributed by atoms with Crippen molar-refractivity contribution in [1.29, 1.82) is 0 Å². The van der Waals surface area contributed by atoms with Gasteiger partial charge in [-0.25, -0.2) is 0 Å². The highest BCUT2D eigenvalue weighted by Crippen LogP contribution is 2.27. The predicted molar refractivity (Wildman–Crippen MR) is 57.9 cm³/mol. The van der Waals surface area contributed by atoms with E-state index in [4.69, 9.17) is 4.42 Å². The number of rotatable bonds is 2. The highest BCUT2D eigenvalue weighted by atomic mass is 16.3. The number of aliphatic hydroxyl groups is 1. The van der Waals surface area contributed by atoms with Crippen LogP contribution in [0.1, 0.15) is 19.4 Å². The summed E-state index contributed by atoms with van der Waals surface area (Å²) in [4.78, 5) is 0. The van der Waals surface area contributed by atoms with E-state index in [1.165, 1.54) is 0 Å². The van der Waals surface area contributed by atoms with Crippen molar-refractivity contribution in [3.8, 4) is 5.75 Å². The molecule has 0 saturated heterocycles. The topological polar surface area (TPSA) is 53.6 Å². The molecule has 0 aliphatic rings. The van der Waals surface area contributed by atoms with Gasteiger partial charge in [0, 0.05) is 23.4 Å². The van der Waals surface area contributed by atoms with E-state index in [1.807, 2.05) is 0 Å². The van der Waals surface area contributed by atoms with Gasteiger partial charge in [-0.15, -0.1) is 0 Å². The first-order valence-electron chi connectivity index (χ1n) is 4.87. The van der Waals surface area contributed by atoms with Crippen LogP contribution in [-0.2, 0) is 6.42 Å². The second kappa shape index (κ2) is 3.28. The van der Waals surface area contributed by atoms with Crippen LogP contribution in [0, 0.1) is 0 Å². The summed E-state index contributed by atoms with van der Waals surface area (Å²) in [7, 11) is 0. The van der Waals surface area contributed by atoms with Gasteiger partial charge in [-0.05, 0) is 26.0 Å². The molecule has 2 N–H and O–H groups in total. The van der Waals surface area contributed by atoms with Crippen molar-refractivity contribution in [3.05, 3.63) is 30.0 Å². The number of phenolic OH excluding ortho intramolecular Hbond substituents is 1. The van der Waals surface area contributed by atoms with E-state index in [0.29, 0.717) is 12.0 Å². The normalized spacial score (nSPS) is 12.2. The molecule has 0 amide bonds. The summed E-state index contributed by atoms with van der Waals surface area (Å²) in [6, 6.07) is 4.99. The van der Waals surface area contributed by atoms with E-state index in [2.05, 4.69) is 0 Å². The SMILES string of the molecule is CC(C)(O)Cc1coc2cc(O)ccc12. The number of aromatic hydroxyl groups is 1. The number of fused-ring (bicyclic) bond motifs is 1. The van der Waals surface area contributed by atoms with Crippen molar-refractivity contribution in [2.75, 3.05) is 0 Å². The van der Waals surface area contributed by atoms with Crippen LogP contribution in [0.2, 0.25) is 0 Å². The van der Waals surface area contributed by atoms with E-state index in [0.717, 1.165) is 10.9 Å². The molecule has 3 nitrogen and oxygen atoms in total. The van der Waals surface area contributed by atoms with Gasteiger partial charge in [-0.2, -0.15) is 0 Å². The van der Waals surface area contributed by atoms with Crippen LogP contribution in [0.25, 0.3) is 11.0 Å². The lowest BCUT2D eigenvalue weighted by Gasteiger charge is -2.15. The van der Waals surface area contributed by atoms with Crippen LogP contribution < -0.4 is 0 Å². The molecule has 1 aromatic heterocycles. The van der Waals surface area contributed by atoms with Gasteiger partial charge >= 0.3 is 0 Å². The zero-order valence-electron chi connectivity index (χ0n) is 8.82. The Morgan fingerprint density at radius 3 is 2.73 bits per heavy atom. The Hall–Kier alpha value is -1.48. The summed E-state index contributed by atoms with van der Waals surface area (Å²) in [6.45, 7) is 3.51. The lowest BCUT2D eigenvalue weighted by Crippen LogP contribution is -2.21. The molecule has 1 aromatic carbocycles. The van der Waals surface area contributed by atoms with Gasteiger partial charge in [0.1, 0.15) is 11.3 Å². The first kappa shape index (κ1) is 10.1. The second-order valence-electron chi connectivity index (χ2n) is 4.43. The molecule has 0 bridgehead atoms. The molecule has 0 aliphatic carbocycles. The molecule has 0 fully saturated rings. The van der Waals surface area contributed by atoms with Crippen molar-refractivity contribution < 1.29 is 14.6 Å². The standard InChI is InChI=1S/C12H14O3/c1-12(2,14)6-8-7-15-11-5-9(13)3-4-10(8)11/h3-5,7,13-14H,6H2,1-2H3. The molecular weight excluding hydrogens is 192 g/mol. The largest absolute Gasteiger partial charge is 0.508 e. The maximum Gasteiger partial charge on any atom is 0.137 e. The van der Waals surface area contributed by atoms with Gasteiger partial charge in [-0.1, -0.05) is 0 Å². The van der Waals surface area contributed by atoms with E-state index >= 15 is 0 Å². The number of benzene rings is 1. The van der Waals surface area contributed by atoms with Gasteiger partial charge < -0.3 is 14.6 Å². The number of hydrogen-bond acceptors (Lipinski definition) is 3. The summed E-state index contributed by atoms with van der Waals surface area (Å²) in [5.74, 6) is 0.187. The minimum Gasteiger partial charge on any atom is -0.508 e. The second-order valence-corrected chi connectivity index (χ2v) is 4.43. The summed E-state index contributed by atoms with van der Waals surface area (Å²) < 4.78 is 5.30. The molecule has 0 unspecified atom stereocenters. The average molecular weight is 206 g/mol. The maximum absolute atomic E-state index is 9.71. The van der Waals surface area contributed by atoms with Crippen LogP contribution in [0.5, 0.6) is 5.75 Å². The number of phenols is 1. The first-order valence-corrected chi connectivity index (χ1v) is 4.87. The fraction of sp³-hybridized carbons (Fsp3) is 0.333. The van der Waals surface area contributed by atoms with Crippen LogP contribution in [0.4, 0.5) is 0 Å². The summed E-state index contributed by atoms with van der Waals surface area (Å²) in [5.41, 5.74) is 0.848. The molecule has 15 heavy (non-hydrogen) atoms. The van der Waals surface area contributed by atoms with Crippen molar-refractivity contribution in [2.24, 2.45) is 0 Å². The first-order chi connectivity index (χ1) is 6.96. The van der Waals surface area contributed by atoms with Crippen LogP contribution in [0.15, 0.2) is 28.9 Å². The minimum atomic E-state index is -0.755. The van der Waals surface area contributed by atoms with E-state index < -0.39 is 5.60 Å². The highest BCUT2D eigenvalue weighted by molar-refractivity contribution is 5.82. The Morgan fingerprint density at radius 1 is 1.33 bits per heavy atom. The molecule has 2 rings (SSSR count). The fourth-order valence-electron chi connectivity index (χ4n) is 1.67. The molecular formula is C12H14O3. The molecule has 0 spiro atoms. The smallest absolute Gasteiger partial charge is 0.137 e. The lowest BCUT2D eigenvalue weighted by atomic mass is 9.98. The van der Waals surface area contributed by atoms with E-state index in [1.54, 1.807) is 38.3 Å². The molecule has 2 aromatic rings. The van der Waals surface area contributed by atoms with E-state index in [-0.39, 0.29) is 5.75 Å². The monoisotopic (exact) mass is 206 g/mol. The molecule has 0 aliphatic heterocycles. The van der Waals surface area contributed by atoms with Gasteiger partial charge in [0.25, 0.3) is 0 Å². The van der Waals surface area contributed by atoms with Crippen molar-refractivity contribution in [1.82, 2.24) is 0 Å². The van der Waals surface area contributed by atoms with Crippen molar-refractivity contribution in [3.63, 3.8) is 0 Å². The zero-order chi connectivity index (χ0) is 11.1. The Bertz CT molecular complexity index is 477. The average Bonchev–Trinajstić information content (AvgIpc) is 2.45. The lowest BCUT2D eigenvalue weighted by molar-refractivity contribution is 0.0811. The minimum absolute atomic E-state index is 0.187. The summed E-state index contributed by atoms with van der Waals surface area (Å²) in [5, 5.41) is 19.9. The molecule has 80 valence electrons. The molecule has 0 atom stereocenters. The van der Waals surface area contributed by atoms with E-state index in [9.17, 15) is 10.2 Å². The van der Waals surface area contributed by atoms with Gasteiger partial charge in [-0.3, -0.25) is 0 Å². The Labute approximate surface area is 88.0 Å². The summed E-state index contributed by atoms with van der Waals surface area (Å²) in [6.07, 6.45) is 2.16. The molecule has 0 saturated carbocycles. The zero-order valence-corrected chi connectivity index (χ0v) is 8.82. The quantitative estimate of drug-likeness (QED) is 0.793. The van der Waals surface area contributed by atoms with Crippen molar-refractivity contribution >= 4 is 11.0 Å². The highest BCUT2D eigenvalue weighted by Gasteiger charge is 2.17. The predicted octanol–water partition coefficient (Wildman–Crippen LogP) is 2.45. The number of hydrogen-bond donors (Lipinski definition) is 2. The van der Waals surface area contributed by atoms with Crippen molar-refractivity contribution in [2.45, 2.75) is 25.9 Å². The van der Waals surface area contributed by atoms with Gasteiger partial charge in [0.05, 0.1) is 11.9 Å². The fourth-order valence-corrected chi connectivity index (χ4v) is 1.67. The third-order valence-corrected chi connectivity index (χ3v) is 2.26. The Balaban J connectivity index is 2.45. The van der Waals surface area contributed by atoms with Crippen LogP contribution in [-0.4, -0.2) is 15.8 Å². The van der Waals surface area contributed by atoms with Crippen LogP contribution >= 0.6 is 0 Å². The Kier molecular flexibility index (Phi) is 2.20. The molecule has 1 heterocycles. The molecule has 3 heteroatoms. The third kappa shape index (κ3) is 2.13. The third-order valence-electron chi connectivity index (χ3n) is 2.26. The molecule has 0 radical (unpaired) electrons.